The average Bonchev–Trinajstić information content (AvgIpc) is 2.85. The van der Waals surface area contributed by atoms with Crippen LogP contribution in [0.2, 0.25) is 0 Å². The van der Waals surface area contributed by atoms with Crippen molar-refractivity contribution in [2.24, 2.45) is 0 Å². The number of hydrogen-bond donors (Lipinski definition) is 2. The lowest BCUT2D eigenvalue weighted by atomic mass is 10.2. The number of methoxy groups -OCH3 is 1. The van der Waals surface area contributed by atoms with Crippen molar-refractivity contribution in [3.05, 3.63) is 72.8 Å². The van der Waals surface area contributed by atoms with Crippen molar-refractivity contribution in [3.63, 3.8) is 0 Å². The Balaban J connectivity index is 1.61. The standard InChI is InChI=1S/C26H29N7O2/c1-32(2)20-10-6-18(7-11-20)27-24-29-25(28-19-8-12-21(13-9-19)33(3)4)31-26(30-24)35-23-16-14-22(34-5)15-17-23/h6-17H,1-5H3,(H2,27,28,29,30,31). The topological polar surface area (TPSA) is 87.7 Å². The maximum atomic E-state index is 5.92. The number of aromatic nitrogens is 3. The summed E-state index contributed by atoms with van der Waals surface area (Å²) in [5.74, 6) is 2.03. The molecule has 9 nitrogen and oxygen atoms in total. The Labute approximate surface area is 205 Å². The fraction of sp³-hybridized carbons (Fsp3) is 0.192. The van der Waals surface area contributed by atoms with Crippen molar-refractivity contribution in [2.75, 3.05) is 55.7 Å². The predicted octanol–water partition coefficient (Wildman–Crippen LogP) is 5.29. The maximum Gasteiger partial charge on any atom is 0.328 e. The number of hydrogen-bond acceptors (Lipinski definition) is 9. The fourth-order valence-corrected chi connectivity index (χ4v) is 3.21. The zero-order valence-electron chi connectivity index (χ0n) is 20.5. The number of anilines is 6. The Morgan fingerprint density at radius 1 is 0.571 bits per heavy atom. The molecule has 35 heavy (non-hydrogen) atoms. The van der Waals surface area contributed by atoms with E-state index < -0.39 is 0 Å². The summed E-state index contributed by atoms with van der Waals surface area (Å²) >= 11 is 0. The second-order valence-corrected chi connectivity index (χ2v) is 8.18. The Bertz CT molecular complexity index is 1170. The summed E-state index contributed by atoms with van der Waals surface area (Å²) in [6.07, 6.45) is 0. The van der Waals surface area contributed by atoms with Gasteiger partial charge in [0.05, 0.1) is 7.11 Å². The normalized spacial score (nSPS) is 10.4. The zero-order chi connectivity index (χ0) is 24.8. The second kappa shape index (κ2) is 10.6. The SMILES string of the molecule is COc1ccc(Oc2nc(Nc3ccc(N(C)C)cc3)nc(Nc3ccc(N(C)C)cc3)n2)cc1. The Hall–Kier alpha value is -4.53. The van der Waals surface area contributed by atoms with E-state index in [0.29, 0.717) is 17.6 Å². The van der Waals surface area contributed by atoms with Gasteiger partial charge in [0.1, 0.15) is 11.5 Å². The predicted molar refractivity (Wildman–Crippen MR) is 141 cm³/mol. The van der Waals surface area contributed by atoms with Gasteiger partial charge in [-0.1, -0.05) is 0 Å². The van der Waals surface area contributed by atoms with Gasteiger partial charge in [0.25, 0.3) is 0 Å². The summed E-state index contributed by atoms with van der Waals surface area (Å²) < 4.78 is 11.1. The largest absolute Gasteiger partial charge is 0.497 e. The van der Waals surface area contributed by atoms with Crippen molar-refractivity contribution in [3.8, 4) is 17.5 Å². The molecular weight excluding hydrogens is 442 g/mol. The van der Waals surface area contributed by atoms with E-state index in [1.807, 2.05) is 98.7 Å². The van der Waals surface area contributed by atoms with Crippen LogP contribution in [0.15, 0.2) is 72.8 Å². The number of nitrogens with zero attached hydrogens (tertiary/aromatic N) is 5. The van der Waals surface area contributed by atoms with E-state index in [0.717, 1.165) is 28.5 Å². The molecule has 4 rings (SSSR count). The summed E-state index contributed by atoms with van der Waals surface area (Å²) in [6, 6.07) is 23.3. The Morgan fingerprint density at radius 2 is 1.00 bits per heavy atom. The van der Waals surface area contributed by atoms with Gasteiger partial charge < -0.3 is 29.9 Å². The van der Waals surface area contributed by atoms with Crippen molar-refractivity contribution in [1.29, 1.82) is 0 Å². The minimum Gasteiger partial charge on any atom is -0.497 e. The summed E-state index contributed by atoms with van der Waals surface area (Å²) in [5.41, 5.74) is 3.88. The van der Waals surface area contributed by atoms with E-state index in [1.165, 1.54) is 0 Å². The zero-order valence-corrected chi connectivity index (χ0v) is 20.5. The van der Waals surface area contributed by atoms with Crippen LogP contribution in [0.3, 0.4) is 0 Å². The monoisotopic (exact) mass is 471 g/mol. The van der Waals surface area contributed by atoms with Crippen molar-refractivity contribution in [2.45, 2.75) is 0 Å². The van der Waals surface area contributed by atoms with Crippen LogP contribution >= 0.6 is 0 Å². The molecular formula is C26H29N7O2. The molecule has 0 saturated heterocycles. The molecule has 0 amide bonds. The molecule has 180 valence electrons. The van der Waals surface area contributed by atoms with E-state index in [-0.39, 0.29) is 6.01 Å². The Morgan fingerprint density at radius 3 is 1.40 bits per heavy atom. The first-order valence-corrected chi connectivity index (χ1v) is 11.1. The lowest BCUT2D eigenvalue weighted by molar-refractivity contribution is 0.410. The highest BCUT2D eigenvalue weighted by Crippen LogP contribution is 2.26. The first-order valence-electron chi connectivity index (χ1n) is 11.1. The highest BCUT2D eigenvalue weighted by Gasteiger charge is 2.11. The third-order valence-electron chi connectivity index (χ3n) is 5.16. The molecule has 4 aromatic rings. The van der Waals surface area contributed by atoms with Crippen LogP contribution in [0.25, 0.3) is 0 Å². The molecule has 0 bridgehead atoms. The van der Waals surface area contributed by atoms with Crippen LogP contribution in [-0.2, 0) is 0 Å². The molecule has 0 unspecified atom stereocenters. The Kier molecular flexibility index (Phi) is 7.15. The van der Waals surface area contributed by atoms with Gasteiger partial charge >= 0.3 is 6.01 Å². The molecule has 1 heterocycles. The van der Waals surface area contributed by atoms with Crippen LogP contribution in [0, 0.1) is 0 Å². The third-order valence-corrected chi connectivity index (χ3v) is 5.16. The fourth-order valence-electron chi connectivity index (χ4n) is 3.21. The van der Waals surface area contributed by atoms with Gasteiger partial charge in [0.15, 0.2) is 0 Å². The number of nitrogens with one attached hydrogen (secondary N) is 2. The van der Waals surface area contributed by atoms with Crippen molar-refractivity contribution < 1.29 is 9.47 Å². The minimum atomic E-state index is 0.157. The van der Waals surface area contributed by atoms with E-state index in [1.54, 1.807) is 19.2 Å². The molecule has 3 aromatic carbocycles. The molecule has 0 radical (unpaired) electrons. The molecule has 0 aliphatic heterocycles. The molecule has 0 atom stereocenters. The molecule has 0 fully saturated rings. The number of rotatable bonds is 9. The van der Waals surface area contributed by atoms with Crippen LogP contribution in [0.4, 0.5) is 34.6 Å². The molecule has 0 aliphatic rings. The molecule has 0 spiro atoms. The van der Waals surface area contributed by atoms with Crippen LogP contribution in [0.5, 0.6) is 17.5 Å². The lowest BCUT2D eigenvalue weighted by Gasteiger charge is -2.14. The molecule has 1 aromatic heterocycles. The highest BCUT2D eigenvalue weighted by atomic mass is 16.5. The molecule has 9 heteroatoms. The van der Waals surface area contributed by atoms with Gasteiger partial charge in [0, 0.05) is 50.9 Å². The maximum absolute atomic E-state index is 5.92. The van der Waals surface area contributed by atoms with Crippen LogP contribution in [0.1, 0.15) is 0 Å². The van der Waals surface area contributed by atoms with E-state index in [9.17, 15) is 0 Å². The summed E-state index contributed by atoms with van der Waals surface area (Å²) in [7, 11) is 9.62. The summed E-state index contributed by atoms with van der Waals surface area (Å²) in [6.45, 7) is 0. The van der Waals surface area contributed by atoms with E-state index in [2.05, 4.69) is 25.6 Å². The molecule has 2 N–H and O–H groups in total. The summed E-state index contributed by atoms with van der Waals surface area (Å²) in [5, 5.41) is 6.47. The van der Waals surface area contributed by atoms with Crippen molar-refractivity contribution >= 4 is 34.6 Å². The molecule has 0 aliphatic carbocycles. The van der Waals surface area contributed by atoms with Crippen LogP contribution < -0.4 is 29.9 Å². The van der Waals surface area contributed by atoms with Gasteiger partial charge in [-0.2, -0.15) is 15.0 Å². The van der Waals surface area contributed by atoms with Gasteiger partial charge in [-0.15, -0.1) is 0 Å². The van der Waals surface area contributed by atoms with Gasteiger partial charge in [-0.3, -0.25) is 0 Å². The molecule has 0 saturated carbocycles. The van der Waals surface area contributed by atoms with Crippen LogP contribution in [-0.4, -0.2) is 50.3 Å². The van der Waals surface area contributed by atoms with E-state index in [4.69, 9.17) is 9.47 Å². The summed E-state index contributed by atoms with van der Waals surface area (Å²) in [4.78, 5) is 17.5. The minimum absolute atomic E-state index is 0.157. The lowest BCUT2D eigenvalue weighted by Crippen LogP contribution is -2.09. The number of ether oxygens (including phenoxy) is 2. The van der Waals surface area contributed by atoms with Gasteiger partial charge in [-0.25, -0.2) is 0 Å². The third kappa shape index (κ3) is 6.29. The quantitative estimate of drug-likeness (QED) is 0.338. The van der Waals surface area contributed by atoms with Gasteiger partial charge in [0.2, 0.25) is 11.9 Å². The second-order valence-electron chi connectivity index (χ2n) is 8.18. The smallest absolute Gasteiger partial charge is 0.328 e. The first kappa shape index (κ1) is 23.6. The van der Waals surface area contributed by atoms with Crippen molar-refractivity contribution in [1.82, 2.24) is 15.0 Å². The number of benzene rings is 3. The van der Waals surface area contributed by atoms with Gasteiger partial charge in [-0.05, 0) is 72.8 Å². The highest BCUT2D eigenvalue weighted by molar-refractivity contribution is 5.62. The van der Waals surface area contributed by atoms with E-state index >= 15 is 0 Å². The average molecular weight is 472 g/mol. The first-order chi connectivity index (χ1) is 16.9.